The largest absolute Gasteiger partial charge is 0.435 e. The standard InChI is InChI=1S/C18H17F3N8/c19-18(20,21)14-2-3-15(26-25-14)27-7-12-9-28(10-13(12)8-27)16-6-17(23-11-22-16)29-5-1-4-24-29/h1-6,11-13H,7-10H2. The number of hydrogen-bond acceptors (Lipinski definition) is 7. The molecule has 8 nitrogen and oxygen atoms in total. The SMILES string of the molecule is FC(F)(F)c1ccc(N2CC3CN(c4cc(-n5cccn5)ncn4)CC3C2)nn1. The van der Waals surface area contributed by atoms with Crippen LogP contribution in [-0.4, -0.2) is 56.1 Å². The predicted octanol–water partition coefficient (Wildman–Crippen LogP) is 2.04. The van der Waals surface area contributed by atoms with Gasteiger partial charge in [-0.3, -0.25) is 0 Å². The van der Waals surface area contributed by atoms with Gasteiger partial charge in [-0.1, -0.05) is 0 Å². The average Bonchev–Trinajstić information content (AvgIpc) is 3.44. The van der Waals surface area contributed by atoms with E-state index in [9.17, 15) is 13.2 Å². The predicted molar refractivity (Wildman–Crippen MR) is 97.6 cm³/mol. The molecule has 2 aliphatic rings. The quantitative estimate of drug-likeness (QED) is 0.664. The number of alkyl halides is 3. The summed E-state index contributed by atoms with van der Waals surface area (Å²) in [6.07, 6.45) is 0.583. The summed E-state index contributed by atoms with van der Waals surface area (Å²) < 4.78 is 39.7. The van der Waals surface area contributed by atoms with Crippen LogP contribution in [0.25, 0.3) is 5.82 Å². The summed E-state index contributed by atoms with van der Waals surface area (Å²) in [6.45, 7) is 3.12. The first-order chi connectivity index (χ1) is 14.0. The minimum absolute atomic E-state index is 0.391. The summed E-state index contributed by atoms with van der Waals surface area (Å²) in [5.74, 6) is 2.82. The van der Waals surface area contributed by atoms with Crippen molar-refractivity contribution in [2.45, 2.75) is 6.18 Å². The minimum Gasteiger partial charge on any atom is -0.356 e. The van der Waals surface area contributed by atoms with E-state index < -0.39 is 11.9 Å². The molecule has 0 amide bonds. The summed E-state index contributed by atoms with van der Waals surface area (Å²) in [5.41, 5.74) is -0.969. The zero-order valence-corrected chi connectivity index (χ0v) is 15.2. The van der Waals surface area contributed by atoms with Crippen molar-refractivity contribution in [2.75, 3.05) is 36.0 Å². The molecule has 0 bridgehead atoms. The van der Waals surface area contributed by atoms with Crippen molar-refractivity contribution in [1.82, 2.24) is 29.9 Å². The van der Waals surface area contributed by atoms with E-state index in [1.54, 1.807) is 10.9 Å². The molecule has 3 aromatic rings. The first-order valence-electron chi connectivity index (χ1n) is 9.20. The lowest BCUT2D eigenvalue weighted by molar-refractivity contribution is -0.141. The van der Waals surface area contributed by atoms with Gasteiger partial charge in [0.15, 0.2) is 17.3 Å². The molecule has 0 spiro atoms. The molecule has 3 aromatic heterocycles. The third-order valence-electron chi connectivity index (χ3n) is 5.45. The van der Waals surface area contributed by atoms with Crippen molar-refractivity contribution in [3.63, 3.8) is 0 Å². The smallest absolute Gasteiger partial charge is 0.356 e. The highest BCUT2D eigenvalue weighted by molar-refractivity contribution is 5.47. The van der Waals surface area contributed by atoms with Gasteiger partial charge in [-0.25, -0.2) is 14.6 Å². The van der Waals surface area contributed by atoms with E-state index in [1.807, 2.05) is 23.2 Å². The zero-order chi connectivity index (χ0) is 20.0. The normalized spacial score (nSPS) is 21.6. The van der Waals surface area contributed by atoms with Gasteiger partial charge in [-0.2, -0.15) is 18.3 Å². The van der Waals surface area contributed by atoms with Crippen molar-refractivity contribution in [3.8, 4) is 5.82 Å². The molecule has 0 radical (unpaired) electrons. The Morgan fingerprint density at radius 2 is 1.55 bits per heavy atom. The summed E-state index contributed by atoms with van der Waals surface area (Å²) in [5, 5.41) is 11.3. The number of halogens is 3. The van der Waals surface area contributed by atoms with Crippen LogP contribution >= 0.6 is 0 Å². The van der Waals surface area contributed by atoms with Gasteiger partial charge in [-0.15, -0.1) is 10.2 Å². The van der Waals surface area contributed by atoms with E-state index in [2.05, 4.69) is 30.2 Å². The third-order valence-corrected chi connectivity index (χ3v) is 5.45. The fourth-order valence-corrected chi connectivity index (χ4v) is 4.05. The van der Waals surface area contributed by atoms with Crippen molar-refractivity contribution < 1.29 is 13.2 Å². The molecule has 2 atom stereocenters. The van der Waals surface area contributed by atoms with Crippen molar-refractivity contribution in [1.29, 1.82) is 0 Å². The molecule has 150 valence electrons. The summed E-state index contributed by atoms with van der Waals surface area (Å²) >= 11 is 0. The van der Waals surface area contributed by atoms with Gasteiger partial charge in [0.25, 0.3) is 0 Å². The highest BCUT2D eigenvalue weighted by Gasteiger charge is 2.41. The lowest BCUT2D eigenvalue weighted by atomic mass is 10.0. The average molecular weight is 402 g/mol. The molecule has 2 fully saturated rings. The van der Waals surface area contributed by atoms with Crippen molar-refractivity contribution in [2.24, 2.45) is 11.8 Å². The Kier molecular flexibility index (Phi) is 4.10. The van der Waals surface area contributed by atoms with Gasteiger partial charge >= 0.3 is 6.18 Å². The van der Waals surface area contributed by atoms with Crippen LogP contribution in [0.1, 0.15) is 5.69 Å². The van der Waals surface area contributed by atoms with Crippen LogP contribution in [0, 0.1) is 11.8 Å². The van der Waals surface area contributed by atoms with E-state index in [4.69, 9.17) is 0 Å². The first kappa shape index (κ1) is 17.8. The van der Waals surface area contributed by atoms with Crippen molar-refractivity contribution >= 4 is 11.6 Å². The molecule has 5 rings (SSSR count). The maximum absolute atomic E-state index is 12.7. The second-order valence-electron chi connectivity index (χ2n) is 7.29. The van der Waals surface area contributed by atoms with Gasteiger partial charge in [-0.05, 0) is 18.2 Å². The van der Waals surface area contributed by atoms with E-state index in [0.717, 1.165) is 38.1 Å². The summed E-state index contributed by atoms with van der Waals surface area (Å²) in [4.78, 5) is 12.9. The Labute approximate surface area is 164 Å². The Hall–Kier alpha value is -3.24. The zero-order valence-electron chi connectivity index (χ0n) is 15.2. The Morgan fingerprint density at radius 1 is 0.862 bits per heavy atom. The molecule has 2 saturated heterocycles. The number of anilines is 2. The fraction of sp³-hybridized carbons (Fsp3) is 0.389. The van der Waals surface area contributed by atoms with E-state index in [-0.39, 0.29) is 0 Å². The molecule has 29 heavy (non-hydrogen) atoms. The molecule has 5 heterocycles. The lowest BCUT2D eigenvalue weighted by Gasteiger charge is -2.23. The van der Waals surface area contributed by atoms with Crippen LogP contribution in [0.3, 0.4) is 0 Å². The van der Waals surface area contributed by atoms with Gasteiger partial charge < -0.3 is 9.80 Å². The van der Waals surface area contributed by atoms with E-state index in [1.165, 1.54) is 12.4 Å². The molecule has 0 aliphatic carbocycles. The first-order valence-corrected chi connectivity index (χ1v) is 9.20. The van der Waals surface area contributed by atoms with E-state index >= 15 is 0 Å². The van der Waals surface area contributed by atoms with Crippen LogP contribution in [0.5, 0.6) is 0 Å². The third kappa shape index (κ3) is 3.36. The summed E-state index contributed by atoms with van der Waals surface area (Å²) in [7, 11) is 0. The van der Waals surface area contributed by atoms with Gasteiger partial charge in [0.05, 0.1) is 0 Å². The Bertz CT molecular complexity index is 975. The highest BCUT2D eigenvalue weighted by Crippen LogP contribution is 2.35. The van der Waals surface area contributed by atoms with Gasteiger partial charge in [0.2, 0.25) is 0 Å². The number of nitrogens with zero attached hydrogens (tertiary/aromatic N) is 8. The van der Waals surface area contributed by atoms with Crippen LogP contribution in [-0.2, 0) is 6.18 Å². The Balaban J connectivity index is 1.26. The molecular formula is C18H17F3N8. The van der Waals surface area contributed by atoms with Crippen LogP contribution in [0.4, 0.5) is 24.8 Å². The monoisotopic (exact) mass is 402 g/mol. The van der Waals surface area contributed by atoms with Crippen molar-refractivity contribution in [3.05, 3.63) is 48.7 Å². The van der Waals surface area contributed by atoms with Crippen LogP contribution in [0.15, 0.2) is 43.0 Å². The number of rotatable bonds is 3. The number of fused-ring (bicyclic) bond motifs is 1. The summed E-state index contributed by atoms with van der Waals surface area (Å²) in [6, 6.07) is 6.13. The topological polar surface area (TPSA) is 75.9 Å². The van der Waals surface area contributed by atoms with E-state index in [0.29, 0.717) is 23.5 Å². The maximum atomic E-state index is 12.7. The number of hydrogen-bond donors (Lipinski definition) is 0. The molecule has 11 heteroatoms. The van der Waals surface area contributed by atoms with Gasteiger partial charge in [0, 0.05) is 56.5 Å². The molecule has 0 aromatic carbocycles. The Morgan fingerprint density at radius 3 is 2.14 bits per heavy atom. The lowest BCUT2D eigenvalue weighted by Crippen LogP contribution is -2.30. The molecule has 2 unspecified atom stereocenters. The molecule has 0 saturated carbocycles. The maximum Gasteiger partial charge on any atom is 0.435 e. The second kappa shape index (κ2) is 6.68. The second-order valence-corrected chi connectivity index (χ2v) is 7.29. The van der Waals surface area contributed by atoms with Crippen LogP contribution in [0.2, 0.25) is 0 Å². The fourth-order valence-electron chi connectivity index (χ4n) is 4.05. The highest BCUT2D eigenvalue weighted by atomic mass is 19.4. The minimum atomic E-state index is -4.47. The molecular weight excluding hydrogens is 385 g/mol. The molecule has 2 aliphatic heterocycles. The van der Waals surface area contributed by atoms with Crippen LogP contribution < -0.4 is 9.80 Å². The molecule has 0 N–H and O–H groups in total. The number of aromatic nitrogens is 6. The van der Waals surface area contributed by atoms with Gasteiger partial charge in [0.1, 0.15) is 12.1 Å².